The number of ether oxygens (including phenoxy) is 1. The number of anilines is 1. The summed E-state index contributed by atoms with van der Waals surface area (Å²) in [6, 6.07) is 7.14. The molecular formula is C15H20N2O4. The summed E-state index contributed by atoms with van der Waals surface area (Å²) in [5.74, 6) is 0.361. The number of aliphatic hydroxyl groups is 1. The maximum absolute atomic E-state index is 11.7. The van der Waals surface area contributed by atoms with Gasteiger partial charge in [0.1, 0.15) is 5.75 Å². The molecule has 0 radical (unpaired) electrons. The third kappa shape index (κ3) is 4.46. The number of hydrogen-bond acceptors (Lipinski definition) is 4. The first-order chi connectivity index (χ1) is 10.1. The Morgan fingerprint density at radius 2 is 2.33 bits per heavy atom. The molecule has 0 spiro atoms. The van der Waals surface area contributed by atoms with Crippen molar-refractivity contribution >= 4 is 17.5 Å². The van der Waals surface area contributed by atoms with Gasteiger partial charge in [0.25, 0.3) is 5.91 Å². The van der Waals surface area contributed by atoms with Crippen LogP contribution in [-0.2, 0) is 9.59 Å². The Kier molecular flexibility index (Phi) is 5.16. The van der Waals surface area contributed by atoms with Crippen molar-refractivity contribution in [2.45, 2.75) is 25.9 Å². The molecule has 1 atom stereocenters. The first-order valence-electron chi connectivity index (χ1n) is 7.04. The summed E-state index contributed by atoms with van der Waals surface area (Å²) in [4.78, 5) is 24.9. The first kappa shape index (κ1) is 15.3. The Hall–Kier alpha value is -2.08. The van der Waals surface area contributed by atoms with E-state index in [4.69, 9.17) is 9.84 Å². The maximum Gasteiger partial charge on any atom is 0.258 e. The van der Waals surface area contributed by atoms with E-state index in [1.54, 1.807) is 30.0 Å². The van der Waals surface area contributed by atoms with E-state index in [-0.39, 0.29) is 25.0 Å². The molecule has 1 saturated heterocycles. The highest BCUT2D eigenvalue weighted by Gasteiger charge is 2.21. The highest BCUT2D eigenvalue weighted by atomic mass is 16.5. The minimum Gasteiger partial charge on any atom is -0.484 e. The fourth-order valence-electron chi connectivity index (χ4n) is 2.12. The first-order valence-corrected chi connectivity index (χ1v) is 7.04. The molecule has 0 bridgehead atoms. The van der Waals surface area contributed by atoms with Crippen molar-refractivity contribution < 1.29 is 19.4 Å². The molecule has 1 aliphatic rings. The highest BCUT2D eigenvalue weighted by Crippen LogP contribution is 2.25. The van der Waals surface area contributed by atoms with Crippen LogP contribution in [0.1, 0.15) is 19.8 Å². The van der Waals surface area contributed by atoms with Crippen LogP contribution < -0.4 is 15.0 Å². The van der Waals surface area contributed by atoms with E-state index in [0.717, 1.165) is 18.7 Å². The van der Waals surface area contributed by atoms with Gasteiger partial charge in [0, 0.05) is 31.3 Å². The highest BCUT2D eigenvalue weighted by molar-refractivity contribution is 5.95. The number of nitrogens with zero attached hydrogens (tertiary/aromatic N) is 1. The molecule has 0 aromatic heterocycles. The van der Waals surface area contributed by atoms with Crippen LogP contribution in [0.5, 0.6) is 5.75 Å². The zero-order valence-electron chi connectivity index (χ0n) is 12.0. The van der Waals surface area contributed by atoms with Crippen LogP contribution in [0.25, 0.3) is 0 Å². The largest absolute Gasteiger partial charge is 0.484 e. The number of benzene rings is 1. The molecule has 1 aromatic rings. The lowest BCUT2D eigenvalue weighted by Gasteiger charge is -2.16. The second-order valence-electron chi connectivity index (χ2n) is 5.09. The molecule has 6 nitrogen and oxygen atoms in total. The molecular weight excluding hydrogens is 272 g/mol. The smallest absolute Gasteiger partial charge is 0.258 e. The van der Waals surface area contributed by atoms with Crippen molar-refractivity contribution in [3.8, 4) is 5.75 Å². The van der Waals surface area contributed by atoms with Crippen molar-refractivity contribution in [3.63, 3.8) is 0 Å². The number of aliphatic hydroxyl groups excluding tert-OH is 1. The quantitative estimate of drug-likeness (QED) is 0.808. The van der Waals surface area contributed by atoms with Gasteiger partial charge in [-0.25, -0.2) is 0 Å². The molecule has 1 fully saturated rings. The molecule has 1 heterocycles. The van der Waals surface area contributed by atoms with E-state index < -0.39 is 6.10 Å². The van der Waals surface area contributed by atoms with Gasteiger partial charge in [-0.15, -0.1) is 0 Å². The summed E-state index contributed by atoms with van der Waals surface area (Å²) in [6.07, 6.45) is 0.858. The molecule has 114 valence electrons. The van der Waals surface area contributed by atoms with Crippen LogP contribution in [0.2, 0.25) is 0 Å². The average molecular weight is 292 g/mol. The average Bonchev–Trinajstić information content (AvgIpc) is 2.89. The van der Waals surface area contributed by atoms with Crippen LogP contribution in [0.4, 0.5) is 5.69 Å². The number of hydrogen-bond donors (Lipinski definition) is 2. The predicted octanol–water partition coefficient (Wildman–Crippen LogP) is 0.689. The molecule has 0 aliphatic carbocycles. The van der Waals surface area contributed by atoms with Crippen molar-refractivity contribution in [1.29, 1.82) is 0 Å². The van der Waals surface area contributed by atoms with E-state index in [0.29, 0.717) is 12.2 Å². The van der Waals surface area contributed by atoms with Gasteiger partial charge in [0.15, 0.2) is 6.61 Å². The summed E-state index contributed by atoms with van der Waals surface area (Å²) in [6.45, 7) is 2.39. The van der Waals surface area contributed by atoms with Crippen molar-refractivity contribution in [2.75, 3.05) is 24.6 Å². The molecule has 2 amide bonds. The fourth-order valence-corrected chi connectivity index (χ4v) is 2.12. The van der Waals surface area contributed by atoms with Crippen LogP contribution in [-0.4, -0.2) is 42.7 Å². The molecule has 21 heavy (non-hydrogen) atoms. The van der Waals surface area contributed by atoms with E-state index in [1.807, 2.05) is 6.07 Å². The van der Waals surface area contributed by atoms with E-state index >= 15 is 0 Å². The van der Waals surface area contributed by atoms with E-state index in [9.17, 15) is 9.59 Å². The molecule has 6 heteroatoms. The lowest BCUT2D eigenvalue weighted by molar-refractivity contribution is -0.123. The van der Waals surface area contributed by atoms with Gasteiger partial charge < -0.3 is 20.1 Å². The molecule has 2 rings (SSSR count). The number of carbonyl (C=O) groups excluding carboxylic acids is 2. The van der Waals surface area contributed by atoms with Gasteiger partial charge in [-0.1, -0.05) is 6.07 Å². The number of nitrogens with one attached hydrogen (secondary N) is 1. The lowest BCUT2D eigenvalue weighted by Crippen LogP contribution is -2.34. The number of carbonyl (C=O) groups is 2. The molecule has 0 saturated carbocycles. The molecule has 1 aliphatic heterocycles. The van der Waals surface area contributed by atoms with Crippen molar-refractivity contribution in [1.82, 2.24) is 5.32 Å². The zero-order chi connectivity index (χ0) is 15.2. The SMILES string of the molecule is CC(O)CNC(=O)COc1cccc(N2CCCC2=O)c1. The Morgan fingerprint density at radius 3 is 3.00 bits per heavy atom. The molecule has 1 unspecified atom stereocenters. The predicted molar refractivity (Wildman–Crippen MR) is 78.2 cm³/mol. The van der Waals surface area contributed by atoms with Crippen LogP contribution in [0.15, 0.2) is 24.3 Å². The van der Waals surface area contributed by atoms with Gasteiger partial charge in [-0.05, 0) is 25.5 Å². The molecule has 2 N–H and O–H groups in total. The molecule has 1 aromatic carbocycles. The second kappa shape index (κ2) is 7.08. The second-order valence-corrected chi connectivity index (χ2v) is 5.09. The van der Waals surface area contributed by atoms with E-state index in [2.05, 4.69) is 5.32 Å². The third-order valence-electron chi connectivity index (χ3n) is 3.17. The summed E-state index contributed by atoms with van der Waals surface area (Å²) < 4.78 is 5.40. The Bertz CT molecular complexity index is 516. The van der Waals surface area contributed by atoms with Gasteiger partial charge in [-0.3, -0.25) is 9.59 Å². The Balaban J connectivity index is 1.89. The monoisotopic (exact) mass is 292 g/mol. The normalized spacial score (nSPS) is 15.9. The number of amides is 2. The van der Waals surface area contributed by atoms with Crippen LogP contribution in [0.3, 0.4) is 0 Å². The summed E-state index contributed by atoms with van der Waals surface area (Å²) >= 11 is 0. The van der Waals surface area contributed by atoms with Gasteiger partial charge >= 0.3 is 0 Å². The Labute approximate surface area is 123 Å². The van der Waals surface area contributed by atoms with Crippen LogP contribution in [0, 0.1) is 0 Å². The van der Waals surface area contributed by atoms with Crippen LogP contribution >= 0.6 is 0 Å². The van der Waals surface area contributed by atoms with E-state index in [1.165, 1.54) is 0 Å². The van der Waals surface area contributed by atoms with Crippen molar-refractivity contribution in [3.05, 3.63) is 24.3 Å². The topological polar surface area (TPSA) is 78.9 Å². The van der Waals surface area contributed by atoms with Gasteiger partial charge in [0.05, 0.1) is 6.10 Å². The summed E-state index contributed by atoms with van der Waals surface area (Å²) in [7, 11) is 0. The summed E-state index contributed by atoms with van der Waals surface area (Å²) in [5, 5.41) is 11.6. The Morgan fingerprint density at radius 1 is 1.52 bits per heavy atom. The van der Waals surface area contributed by atoms with Gasteiger partial charge in [0.2, 0.25) is 5.91 Å². The zero-order valence-corrected chi connectivity index (χ0v) is 12.0. The van der Waals surface area contributed by atoms with Crippen molar-refractivity contribution in [2.24, 2.45) is 0 Å². The van der Waals surface area contributed by atoms with Gasteiger partial charge in [-0.2, -0.15) is 0 Å². The standard InChI is InChI=1S/C15H20N2O4/c1-11(18)9-16-14(19)10-21-13-5-2-4-12(8-13)17-7-3-6-15(17)20/h2,4-5,8,11,18H,3,6-7,9-10H2,1H3,(H,16,19). The third-order valence-corrected chi connectivity index (χ3v) is 3.17. The minimum absolute atomic E-state index is 0.113. The lowest BCUT2D eigenvalue weighted by atomic mass is 10.3. The minimum atomic E-state index is -0.585. The summed E-state index contributed by atoms with van der Waals surface area (Å²) in [5.41, 5.74) is 0.791. The number of rotatable bonds is 6. The maximum atomic E-state index is 11.7. The fraction of sp³-hybridized carbons (Fsp3) is 0.467.